The molecule has 0 spiro atoms. The van der Waals surface area contributed by atoms with Crippen LogP contribution in [0, 0.1) is 0 Å². The van der Waals surface area contributed by atoms with Crippen molar-refractivity contribution in [3.8, 4) is 0 Å². The molecular weight excluding hydrogens is 605 g/mol. The van der Waals surface area contributed by atoms with Crippen molar-refractivity contribution >= 4 is 100 Å². The van der Waals surface area contributed by atoms with Gasteiger partial charge in [0.05, 0.1) is 43.2 Å². The average molecular weight is 625 g/mol. The van der Waals surface area contributed by atoms with Gasteiger partial charge in [-0.3, -0.25) is 19.2 Å². The third-order valence-corrected chi connectivity index (χ3v) is 7.12. The van der Waals surface area contributed by atoms with E-state index in [0.29, 0.717) is 33.8 Å². The number of carbonyl (C=O) groups is 4. The lowest BCUT2D eigenvalue weighted by atomic mass is 9.99. The van der Waals surface area contributed by atoms with Gasteiger partial charge in [0, 0.05) is 5.56 Å². The molecule has 1 aliphatic rings. The first-order valence-electron chi connectivity index (χ1n) is 10.2. The van der Waals surface area contributed by atoms with Gasteiger partial charge in [-0.2, -0.15) is 0 Å². The number of hydrogen-bond acceptors (Lipinski definition) is 5. The normalized spacial score (nSPS) is 15.7. The van der Waals surface area contributed by atoms with E-state index in [-0.39, 0.29) is 32.9 Å². The van der Waals surface area contributed by atoms with Crippen LogP contribution in [0.15, 0.2) is 74.8 Å². The first kappa shape index (κ1) is 32.9. The van der Waals surface area contributed by atoms with Crippen LogP contribution in [0.25, 0.3) is 6.08 Å². The van der Waals surface area contributed by atoms with Crippen LogP contribution < -0.4 is 0 Å². The quantitative estimate of drug-likeness (QED) is 0.146. The van der Waals surface area contributed by atoms with E-state index in [9.17, 15) is 19.2 Å². The largest absolute Gasteiger partial charge is 0.469 e. The summed E-state index contributed by atoms with van der Waals surface area (Å²) in [6, 6.07) is 14.4. The Kier molecular flexibility index (Phi) is 14.8. The van der Waals surface area contributed by atoms with E-state index < -0.39 is 11.3 Å². The zero-order valence-corrected chi connectivity index (χ0v) is 24.0. The number of methoxy groups -OCH3 is 1. The predicted octanol–water partition coefficient (Wildman–Crippen LogP) is 8.02. The third-order valence-electron chi connectivity index (χ3n) is 4.40. The predicted molar refractivity (Wildman–Crippen MR) is 151 cm³/mol. The summed E-state index contributed by atoms with van der Waals surface area (Å²) in [5.74, 6) is -0.644. The molecule has 0 fully saturated rings. The summed E-state index contributed by atoms with van der Waals surface area (Å²) < 4.78 is 4.20. The van der Waals surface area contributed by atoms with Crippen molar-refractivity contribution in [1.82, 2.24) is 0 Å². The molecule has 0 aromatic heterocycles. The fourth-order valence-electron chi connectivity index (χ4n) is 2.59. The number of ether oxygens (including phenoxy) is 1. The number of hydrogen-bond donors (Lipinski definition) is 0. The van der Waals surface area contributed by atoms with Crippen molar-refractivity contribution in [2.45, 2.75) is 18.7 Å². The first-order valence-corrected chi connectivity index (χ1v) is 12.6. The number of ketones is 1. The Morgan fingerprint density at radius 3 is 1.97 bits per heavy atom. The molecule has 0 amide bonds. The minimum absolute atomic E-state index is 0.115. The maximum absolute atomic E-state index is 10.9. The minimum atomic E-state index is -0.683. The van der Waals surface area contributed by atoms with E-state index in [1.165, 1.54) is 14.0 Å². The van der Waals surface area contributed by atoms with Crippen molar-refractivity contribution in [2.24, 2.45) is 0 Å². The fraction of sp³-hybridized carbons (Fsp3) is 0.154. The van der Waals surface area contributed by atoms with Gasteiger partial charge < -0.3 is 4.74 Å². The maximum Gasteiger partial charge on any atom is 0.313 e. The lowest BCUT2D eigenvalue weighted by Gasteiger charge is -2.21. The van der Waals surface area contributed by atoms with Crippen LogP contribution in [0.2, 0.25) is 10.0 Å². The highest BCUT2D eigenvalue weighted by atomic mass is 35.5. The van der Waals surface area contributed by atoms with Gasteiger partial charge >= 0.3 is 5.97 Å². The molecule has 0 heterocycles. The van der Waals surface area contributed by atoms with Crippen LogP contribution in [0.3, 0.4) is 0 Å². The number of Topliss-reactive ketones (excluding diaryl/α,β-unsaturated/α-hetero) is 1. The first-order chi connectivity index (χ1) is 17.5. The van der Waals surface area contributed by atoms with Crippen LogP contribution in [0.1, 0.15) is 29.3 Å². The Morgan fingerprint density at radius 2 is 1.51 bits per heavy atom. The molecule has 196 valence electrons. The van der Waals surface area contributed by atoms with Crippen molar-refractivity contribution in [1.29, 1.82) is 0 Å². The molecule has 0 saturated carbocycles. The SMILES string of the molecule is COC(=O)CC(C)=O.O=CC1=C(Cl)C(Cl)C(=Cc2ccccc2)C(Cl)=C1Cl.O=Cc1cccc(Cl)c1Cl. The standard InChI is InChI=1S/C14H8Cl4O.C7H4Cl2O.C5H8O3/c15-11-9(6-8-4-2-1-3-5-8)12(16)14(18)10(7-19)13(11)17;8-6-3-1-2-5(4-10)7(6)9;1-4(6)3-5(7)8-2/h1-7,11H;1-4H;3H2,1-2H3. The summed E-state index contributed by atoms with van der Waals surface area (Å²) in [7, 11) is 1.26. The van der Waals surface area contributed by atoms with Crippen LogP contribution in [0.4, 0.5) is 0 Å². The number of carbonyl (C=O) groups excluding carboxylic acids is 4. The Hall–Kier alpha value is -2.12. The molecule has 0 N–H and O–H groups in total. The van der Waals surface area contributed by atoms with Gasteiger partial charge in [0.15, 0.2) is 12.6 Å². The number of rotatable bonds is 5. The average Bonchev–Trinajstić information content (AvgIpc) is 2.88. The second kappa shape index (κ2) is 16.7. The van der Waals surface area contributed by atoms with Gasteiger partial charge in [0.25, 0.3) is 0 Å². The van der Waals surface area contributed by atoms with Crippen LogP contribution in [0.5, 0.6) is 0 Å². The Balaban J connectivity index is 0.000000319. The lowest BCUT2D eigenvalue weighted by Crippen LogP contribution is -2.13. The third kappa shape index (κ3) is 10.3. The van der Waals surface area contributed by atoms with Crippen LogP contribution in [-0.2, 0) is 19.1 Å². The Labute approximate surface area is 244 Å². The molecule has 1 unspecified atom stereocenters. The molecular formula is C26H20Cl6O5. The van der Waals surface area contributed by atoms with E-state index in [2.05, 4.69) is 4.74 Å². The summed E-state index contributed by atoms with van der Waals surface area (Å²) in [4.78, 5) is 41.5. The van der Waals surface area contributed by atoms with E-state index in [0.717, 1.165) is 5.56 Å². The maximum atomic E-state index is 10.9. The summed E-state index contributed by atoms with van der Waals surface area (Å²) >= 11 is 35.7. The molecule has 2 aromatic rings. The van der Waals surface area contributed by atoms with E-state index in [1.807, 2.05) is 30.3 Å². The number of halogens is 6. The summed E-state index contributed by atoms with van der Waals surface area (Å²) in [5.41, 5.74) is 2.06. The zero-order valence-electron chi connectivity index (χ0n) is 19.4. The van der Waals surface area contributed by atoms with Crippen LogP contribution >= 0.6 is 69.6 Å². The van der Waals surface area contributed by atoms with Gasteiger partial charge in [0.2, 0.25) is 0 Å². The van der Waals surface area contributed by atoms with Crippen molar-refractivity contribution in [3.05, 3.63) is 95.9 Å². The highest BCUT2D eigenvalue weighted by molar-refractivity contribution is 6.49. The number of benzene rings is 2. The molecule has 1 aliphatic carbocycles. The second-order valence-electron chi connectivity index (χ2n) is 7.10. The molecule has 37 heavy (non-hydrogen) atoms. The molecule has 2 aromatic carbocycles. The number of esters is 1. The van der Waals surface area contributed by atoms with Gasteiger partial charge in [0.1, 0.15) is 12.2 Å². The zero-order chi connectivity index (χ0) is 28.1. The van der Waals surface area contributed by atoms with E-state index in [1.54, 1.807) is 24.3 Å². The Morgan fingerprint density at radius 1 is 0.892 bits per heavy atom. The molecule has 3 rings (SSSR count). The van der Waals surface area contributed by atoms with Gasteiger partial charge in [-0.1, -0.05) is 100 Å². The van der Waals surface area contributed by atoms with Crippen LogP contribution in [-0.4, -0.2) is 36.8 Å². The topological polar surface area (TPSA) is 77.5 Å². The fourth-order valence-corrected chi connectivity index (χ4v) is 4.12. The molecule has 5 nitrogen and oxygen atoms in total. The number of aldehydes is 2. The molecule has 0 aliphatic heterocycles. The van der Waals surface area contributed by atoms with Crippen molar-refractivity contribution < 1.29 is 23.9 Å². The monoisotopic (exact) mass is 622 g/mol. The minimum Gasteiger partial charge on any atom is -0.469 e. The van der Waals surface area contributed by atoms with Gasteiger partial charge in [-0.15, -0.1) is 11.6 Å². The van der Waals surface area contributed by atoms with Gasteiger partial charge in [-0.05, 0) is 30.2 Å². The second-order valence-corrected chi connectivity index (χ2v) is 9.48. The van der Waals surface area contributed by atoms with Gasteiger partial charge in [-0.25, -0.2) is 0 Å². The number of alkyl halides is 1. The smallest absolute Gasteiger partial charge is 0.313 e. The molecule has 0 saturated heterocycles. The van der Waals surface area contributed by atoms with Crippen molar-refractivity contribution in [3.63, 3.8) is 0 Å². The highest BCUT2D eigenvalue weighted by Gasteiger charge is 2.29. The van der Waals surface area contributed by atoms with E-state index in [4.69, 9.17) is 69.6 Å². The lowest BCUT2D eigenvalue weighted by molar-refractivity contribution is -0.142. The highest BCUT2D eigenvalue weighted by Crippen LogP contribution is 2.42. The van der Waals surface area contributed by atoms with Crippen molar-refractivity contribution in [2.75, 3.05) is 7.11 Å². The summed E-state index contributed by atoms with van der Waals surface area (Å²) in [6.45, 7) is 1.34. The van der Waals surface area contributed by atoms with E-state index >= 15 is 0 Å². The molecule has 11 heteroatoms. The molecule has 0 bridgehead atoms. The summed E-state index contributed by atoms with van der Waals surface area (Å²) in [6.07, 6.45) is 2.92. The molecule has 0 radical (unpaired) electrons. The Bertz CT molecular complexity index is 1240. The number of allylic oxidation sites excluding steroid dienone is 5. The molecule has 1 atom stereocenters. The summed E-state index contributed by atoms with van der Waals surface area (Å²) in [5, 5.41) is 0.605.